The van der Waals surface area contributed by atoms with Gasteiger partial charge in [0.15, 0.2) is 12.6 Å². The maximum absolute atomic E-state index is 10.8. The number of aliphatic hydroxyl groups is 9. The van der Waals surface area contributed by atoms with Gasteiger partial charge in [0.2, 0.25) is 6.29 Å². The third-order valence-corrected chi connectivity index (χ3v) is 6.98. The molecule has 3 fully saturated rings. The molecular formula is C23H33NO17. The van der Waals surface area contributed by atoms with Gasteiger partial charge in [0.05, 0.1) is 24.7 Å². The van der Waals surface area contributed by atoms with Crippen molar-refractivity contribution in [2.24, 2.45) is 0 Å². The van der Waals surface area contributed by atoms with Crippen molar-refractivity contribution in [3.8, 4) is 5.75 Å². The number of nitrogens with zero attached hydrogens (tertiary/aromatic N) is 1. The molecule has 14 atom stereocenters. The van der Waals surface area contributed by atoms with E-state index in [-0.39, 0.29) is 11.4 Å². The largest absolute Gasteiger partial charge is 0.462 e. The highest BCUT2D eigenvalue weighted by Crippen LogP contribution is 2.32. The summed E-state index contributed by atoms with van der Waals surface area (Å²) in [5, 5.41) is 103. The molecule has 232 valence electrons. The van der Waals surface area contributed by atoms with Crippen molar-refractivity contribution in [1.82, 2.24) is 0 Å². The quantitative estimate of drug-likeness (QED) is 0.0954. The Kier molecular flexibility index (Phi) is 10.4. The van der Waals surface area contributed by atoms with Crippen molar-refractivity contribution in [3.63, 3.8) is 0 Å². The van der Waals surface area contributed by atoms with Crippen LogP contribution < -0.4 is 4.74 Å². The van der Waals surface area contributed by atoms with Crippen LogP contribution in [0.2, 0.25) is 0 Å². The van der Waals surface area contributed by atoms with Gasteiger partial charge in [0.1, 0.15) is 72.9 Å². The zero-order chi connectivity index (χ0) is 30.0. The van der Waals surface area contributed by atoms with Crippen LogP contribution in [0.15, 0.2) is 24.3 Å². The Balaban J connectivity index is 1.41. The molecule has 1 aromatic rings. The molecule has 4 rings (SSSR count). The first-order valence-corrected chi connectivity index (χ1v) is 12.6. The number of ether oxygens (including phenoxy) is 6. The second-order valence-electron chi connectivity index (χ2n) is 9.73. The van der Waals surface area contributed by atoms with Gasteiger partial charge < -0.3 is 74.4 Å². The van der Waals surface area contributed by atoms with Crippen molar-refractivity contribution >= 4 is 5.69 Å². The van der Waals surface area contributed by atoms with Crippen LogP contribution in [0, 0.1) is 10.1 Å². The van der Waals surface area contributed by atoms with E-state index in [0.29, 0.717) is 0 Å². The van der Waals surface area contributed by atoms with Crippen LogP contribution >= 0.6 is 0 Å². The van der Waals surface area contributed by atoms with E-state index < -0.39 is 111 Å². The van der Waals surface area contributed by atoms with Crippen LogP contribution in [0.3, 0.4) is 0 Å². The smallest absolute Gasteiger partial charge is 0.269 e. The van der Waals surface area contributed by atoms with Crippen molar-refractivity contribution < 1.29 is 79.3 Å². The maximum Gasteiger partial charge on any atom is 0.269 e. The normalized spacial score (nSPS) is 43.4. The Labute approximate surface area is 231 Å². The monoisotopic (exact) mass is 595 g/mol. The first-order valence-electron chi connectivity index (χ1n) is 12.6. The number of nitro groups is 1. The fourth-order valence-corrected chi connectivity index (χ4v) is 4.64. The third kappa shape index (κ3) is 6.76. The Morgan fingerprint density at radius 2 is 1.22 bits per heavy atom. The summed E-state index contributed by atoms with van der Waals surface area (Å²) in [6, 6.07) is 4.76. The fourth-order valence-electron chi connectivity index (χ4n) is 4.64. The van der Waals surface area contributed by atoms with Gasteiger partial charge in [-0.15, -0.1) is 0 Å². The summed E-state index contributed by atoms with van der Waals surface area (Å²) in [7, 11) is 0. The van der Waals surface area contributed by atoms with E-state index in [1.165, 1.54) is 12.1 Å². The maximum atomic E-state index is 10.8. The van der Waals surface area contributed by atoms with E-state index in [1.54, 1.807) is 0 Å². The molecule has 41 heavy (non-hydrogen) atoms. The van der Waals surface area contributed by atoms with E-state index in [1.807, 2.05) is 0 Å². The van der Waals surface area contributed by atoms with Gasteiger partial charge in [-0.05, 0) is 12.1 Å². The molecule has 18 heteroatoms. The molecule has 1 aromatic carbocycles. The van der Waals surface area contributed by atoms with Gasteiger partial charge in [-0.25, -0.2) is 0 Å². The second kappa shape index (κ2) is 13.4. The highest BCUT2D eigenvalue weighted by Gasteiger charge is 2.53. The minimum atomic E-state index is -1.91. The fraction of sp³-hybridized carbons (Fsp3) is 0.739. The van der Waals surface area contributed by atoms with Gasteiger partial charge in [-0.3, -0.25) is 10.1 Å². The average molecular weight is 596 g/mol. The molecular weight excluding hydrogens is 562 g/mol. The zero-order valence-corrected chi connectivity index (χ0v) is 21.3. The molecule has 0 saturated carbocycles. The molecule has 9 N–H and O–H groups in total. The molecule has 3 heterocycles. The lowest BCUT2D eigenvalue weighted by Gasteiger charge is -2.47. The Bertz CT molecular complexity index is 997. The number of hydrogen-bond acceptors (Lipinski definition) is 17. The zero-order valence-electron chi connectivity index (χ0n) is 21.3. The van der Waals surface area contributed by atoms with E-state index in [0.717, 1.165) is 12.1 Å². The summed E-state index contributed by atoms with van der Waals surface area (Å²) in [4.78, 5) is 10.2. The summed E-state index contributed by atoms with van der Waals surface area (Å²) >= 11 is 0. The van der Waals surface area contributed by atoms with Gasteiger partial charge in [0, 0.05) is 12.1 Å². The summed E-state index contributed by atoms with van der Waals surface area (Å²) in [5.74, 6) is 0.0444. The lowest BCUT2D eigenvalue weighted by Crippen LogP contribution is -2.66. The van der Waals surface area contributed by atoms with E-state index in [2.05, 4.69) is 0 Å². The predicted octanol–water partition coefficient (Wildman–Crippen LogP) is -4.94. The number of benzene rings is 1. The summed E-state index contributed by atoms with van der Waals surface area (Å²) < 4.78 is 32.7. The minimum Gasteiger partial charge on any atom is -0.462 e. The summed E-state index contributed by atoms with van der Waals surface area (Å²) in [5.41, 5.74) is -0.218. The Hall–Kier alpha value is -2.14. The second-order valence-corrected chi connectivity index (χ2v) is 9.73. The molecule has 0 radical (unpaired) electrons. The molecule has 0 spiro atoms. The first-order chi connectivity index (χ1) is 19.5. The molecule has 0 amide bonds. The lowest BCUT2D eigenvalue weighted by atomic mass is 9.96. The number of nitro benzene ring substituents is 1. The van der Waals surface area contributed by atoms with Gasteiger partial charge >= 0.3 is 0 Å². The summed E-state index contributed by atoms with van der Waals surface area (Å²) in [6.07, 6.45) is -22.9. The van der Waals surface area contributed by atoms with Crippen LogP contribution in [-0.4, -0.2) is 157 Å². The highest BCUT2D eigenvalue weighted by molar-refractivity contribution is 5.36. The number of non-ortho nitro benzene ring substituents is 1. The molecule has 0 bridgehead atoms. The standard InChI is InChI=1S/C23H33NO17/c25-5-11-19(40-21-16(31)13(28)10(27)7-36-21)15(30)18(33)23(39-11)41-20-12(6-26)38-22(17(32)14(20)29)37-9-3-1-8(2-4-9)24(34)35/h1-4,10-23,25-33H,5-7H2/t10-,11-,12-,13+,14-,15-,16-,17-,18-,19-,20-,21-,22-,23+/m1/s1. The average Bonchev–Trinajstić information content (AvgIpc) is 2.96. The Morgan fingerprint density at radius 3 is 1.76 bits per heavy atom. The SMILES string of the molecule is O=[N+]([O-])c1ccc(O[C@@H]2O[C@H](CO)[C@@H](O[C@@H]3O[C@H](CO)[C@@H](O[C@H]4OC[C@@H](O)[C@H](O)[C@H]4O)[C@H](O)[C@H]3O)[C@H](O)[C@H]2O)cc1. The van der Waals surface area contributed by atoms with Crippen LogP contribution in [0.25, 0.3) is 0 Å². The molecule has 18 nitrogen and oxygen atoms in total. The Morgan fingerprint density at radius 1 is 0.732 bits per heavy atom. The summed E-state index contributed by atoms with van der Waals surface area (Å²) in [6.45, 7) is -1.99. The third-order valence-electron chi connectivity index (χ3n) is 6.98. The van der Waals surface area contributed by atoms with Crippen molar-refractivity contribution in [1.29, 1.82) is 0 Å². The van der Waals surface area contributed by atoms with Crippen molar-refractivity contribution in [2.75, 3.05) is 19.8 Å². The first kappa shape index (κ1) is 31.8. The van der Waals surface area contributed by atoms with Crippen molar-refractivity contribution in [2.45, 2.75) is 86.0 Å². The van der Waals surface area contributed by atoms with Crippen molar-refractivity contribution in [3.05, 3.63) is 34.4 Å². The molecule has 3 aliphatic heterocycles. The van der Waals surface area contributed by atoms with Gasteiger partial charge in [0.25, 0.3) is 5.69 Å². The van der Waals surface area contributed by atoms with E-state index in [4.69, 9.17) is 28.4 Å². The van der Waals surface area contributed by atoms with E-state index in [9.17, 15) is 56.1 Å². The van der Waals surface area contributed by atoms with Crippen LogP contribution in [0.1, 0.15) is 0 Å². The molecule has 3 aliphatic rings. The predicted molar refractivity (Wildman–Crippen MR) is 127 cm³/mol. The van der Waals surface area contributed by atoms with Crippen LogP contribution in [0.4, 0.5) is 5.69 Å². The van der Waals surface area contributed by atoms with E-state index >= 15 is 0 Å². The van der Waals surface area contributed by atoms with Crippen LogP contribution in [-0.2, 0) is 23.7 Å². The highest BCUT2D eigenvalue weighted by atomic mass is 16.8. The lowest BCUT2D eigenvalue weighted by molar-refractivity contribution is -0.384. The number of rotatable bonds is 9. The molecule has 0 unspecified atom stereocenters. The number of aliphatic hydroxyl groups excluding tert-OH is 9. The molecule has 0 aliphatic carbocycles. The minimum absolute atomic E-state index is 0.0444. The molecule has 3 saturated heterocycles. The molecule has 0 aromatic heterocycles. The van der Waals surface area contributed by atoms with Crippen LogP contribution in [0.5, 0.6) is 5.75 Å². The van der Waals surface area contributed by atoms with Gasteiger partial charge in [-0.1, -0.05) is 0 Å². The van der Waals surface area contributed by atoms with Gasteiger partial charge in [-0.2, -0.15) is 0 Å². The topological polar surface area (TPSA) is 281 Å². The number of hydrogen-bond donors (Lipinski definition) is 9.